The Morgan fingerprint density at radius 3 is 2.73 bits per heavy atom. The number of carbonyl (C=O) groups excluding carboxylic acids is 1. The third-order valence-electron chi connectivity index (χ3n) is 3.44. The number of nitrogens with zero attached hydrogens (tertiary/aromatic N) is 1. The van der Waals surface area contributed by atoms with Crippen LogP contribution in [0.15, 0.2) is 48.7 Å². The van der Waals surface area contributed by atoms with Crippen LogP contribution in [0.3, 0.4) is 0 Å². The highest BCUT2D eigenvalue weighted by Gasteiger charge is 2.16. The summed E-state index contributed by atoms with van der Waals surface area (Å²) in [4.78, 5) is 26.5. The standard InChI is InChI=1S/C19H22N2O5/c1-13(2)21-11-15(26-18(24)8-7-17(22)23)12-25-19-16-6-4-3-5-14(16)9-10-20-19/h3-10,13,15,21H,11-12H2,1-2H3,(H,22,23)/b8-7-. The van der Waals surface area contributed by atoms with E-state index in [-0.39, 0.29) is 12.6 Å². The van der Waals surface area contributed by atoms with Gasteiger partial charge in [-0.2, -0.15) is 0 Å². The average molecular weight is 358 g/mol. The molecule has 2 aromatic rings. The highest BCUT2D eigenvalue weighted by atomic mass is 16.6. The van der Waals surface area contributed by atoms with Gasteiger partial charge in [0.2, 0.25) is 5.88 Å². The van der Waals surface area contributed by atoms with Crippen LogP contribution < -0.4 is 10.1 Å². The lowest BCUT2D eigenvalue weighted by Gasteiger charge is -2.20. The summed E-state index contributed by atoms with van der Waals surface area (Å²) in [5, 5.41) is 13.6. The number of esters is 1. The largest absolute Gasteiger partial charge is 0.478 e. The maximum absolute atomic E-state index is 11.8. The van der Waals surface area contributed by atoms with Crippen LogP contribution in [-0.2, 0) is 14.3 Å². The molecule has 2 rings (SSSR count). The fourth-order valence-electron chi connectivity index (χ4n) is 2.22. The first-order valence-corrected chi connectivity index (χ1v) is 8.27. The van der Waals surface area contributed by atoms with Crippen LogP contribution >= 0.6 is 0 Å². The molecule has 1 unspecified atom stereocenters. The lowest BCUT2D eigenvalue weighted by molar-refractivity contribution is -0.144. The molecule has 138 valence electrons. The van der Waals surface area contributed by atoms with Crippen LogP contribution in [-0.4, -0.2) is 47.3 Å². The molecule has 7 nitrogen and oxygen atoms in total. The van der Waals surface area contributed by atoms with E-state index in [1.54, 1.807) is 6.20 Å². The molecule has 0 bridgehead atoms. The minimum atomic E-state index is -1.21. The van der Waals surface area contributed by atoms with Crippen LogP contribution in [0.25, 0.3) is 10.8 Å². The molecule has 26 heavy (non-hydrogen) atoms. The predicted molar refractivity (Wildman–Crippen MR) is 97.0 cm³/mol. The second-order valence-electron chi connectivity index (χ2n) is 5.94. The zero-order chi connectivity index (χ0) is 18.9. The second kappa shape index (κ2) is 9.53. The van der Waals surface area contributed by atoms with Crippen LogP contribution in [0, 0.1) is 0 Å². The van der Waals surface area contributed by atoms with Gasteiger partial charge in [0.15, 0.2) is 0 Å². The van der Waals surface area contributed by atoms with Crippen molar-refractivity contribution in [1.82, 2.24) is 10.3 Å². The molecule has 0 radical (unpaired) electrons. The molecular formula is C19H22N2O5. The quantitative estimate of drug-likeness (QED) is 0.523. The highest BCUT2D eigenvalue weighted by Crippen LogP contribution is 2.22. The Balaban J connectivity index is 2.05. The Bertz CT molecular complexity index is 783. The van der Waals surface area contributed by atoms with Crippen LogP contribution in [0.4, 0.5) is 0 Å². The molecule has 0 saturated heterocycles. The summed E-state index contributed by atoms with van der Waals surface area (Å²) < 4.78 is 11.1. The number of fused-ring (bicyclic) bond motifs is 1. The van der Waals surface area contributed by atoms with Gasteiger partial charge < -0.3 is 19.9 Å². The van der Waals surface area contributed by atoms with Gasteiger partial charge in [-0.1, -0.05) is 32.0 Å². The number of pyridine rings is 1. The van der Waals surface area contributed by atoms with Gasteiger partial charge >= 0.3 is 11.9 Å². The molecule has 2 N–H and O–H groups in total. The van der Waals surface area contributed by atoms with E-state index in [1.807, 2.05) is 44.2 Å². The number of hydrogen-bond donors (Lipinski definition) is 2. The lowest BCUT2D eigenvalue weighted by atomic mass is 10.2. The van der Waals surface area contributed by atoms with Crippen molar-refractivity contribution in [3.05, 3.63) is 48.7 Å². The summed E-state index contributed by atoms with van der Waals surface area (Å²) in [5.41, 5.74) is 0. The van der Waals surface area contributed by atoms with Crippen molar-refractivity contribution < 1.29 is 24.2 Å². The molecule has 1 aromatic carbocycles. The number of carboxylic acid groups (broad SMARTS) is 1. The average Bonchev–Trinajstić information content (AvgIpc) is 2.62. The number of nitrogens with one attached hydrogen (secondary N) is 1. The Kier molecular flexibility index (Phi) is 7.11. The van der Waals surface area contributed by atoms with Crippen molar-refractivity contribution in [3.63, 3.8) is 0 Å². The van der Waals surface area contributed by atoms with Crippen molar-refractivity contribution in [2.75, 3.05) is 13.2 Å². The molecule has 0 aliphatic heterocycles. The van der Waals surface area contributed by atoms with Gasteiger partial charge in [-0.25, -0.2) is 14.6 Å². The maximum atomic E-state index is 11.8. The van der Waals surface area contributed by atoms with Gasteiger partial charge in [-0.05, 0) is 17.5 Å². The molecule has 7 heteroatoms. The van der Waals surface area contributed by atoms with E-state index in [1.165, 1.54) is 0 Å². The van der Waals surface area contributed by atoms with E-state index in [0.29, 0.717) is 12.4 Å². The van der Waals surface area contributed by atoms with Crippen molar-refractivity contribution >= 4 is 22.7 Å². The fraction of sp³-hybridized carbons (Fsp3) is 0.316. The van der Waals surface area contributed by atoms with Gasteiger partial charge in [-0.15, -0.1) is 0 Å². The minimum Gasteiger partial charge on any atom is -0.478 e. The van der Waals surface area contributed by atoms with E-state index in [2.05, 4.69) is 10.3 Å². The summed E-state index contributed by atoms with van der Waals surface area (Å²) in [7, 11) is 0. The Labute approximate surface area is 151 Å². The van der Waals surface area contributed by atoms with Crippen molar-refractivity contribution in [3.8, 4) is 5.88 Å². The molecule has 0 fully saturated rings. The Morgan fingerprint density at radius 1 is 1.23 bits per heavy atom. The monoisotopic (exact) mass is 358 g/mol. The topological polar surface area (TPSA) is 97.8 Å². The molecule has 1 heterocycles. The second-order valence-corrected chi connectivity index (χ2v) is 5.94. The molecule has 1 aromatic heterocycles. The van der Waals surface area contributed by atoms with E-state index in [4.69, 9.17) is 14.6 Å². The highest BCUT2D eigenvalue weighted by molar-refractivity contribution is 5.90. The van der Waals surface area contributed by atoms with Gasteiger partial charge in [0.25, 0.3) is 0 Å². The molecule has 0 aliphatic carbocycles. The summed E-state index contributed by atoms with van der Waals surface area (Å²) in [6.07, 6.45) is 2.67. The number of aromatic nitrogens is 1. The van der Waals surface area contributed by atoms with Crippen LogP contribution in [0.5, 0.6) is 5.88 Å². The SMILES string of the molecule is CC(C)NCC(COc1nccc2ccccc12)OC(=O)/C=C\C(=O)O. The molecule has 0 aliphatic rings. The molecule has 1 atom stereocenters. The number of hydrogen-bond acceptors (Lipinski definition) is 6. The van der Waals surface area contributed by atoms with E-state index in [0.717, 1.165) is 22.9 Å². The molecule has 0 spiro atoms. The normalized spacial score (nSPS) is 12.4. The minimum absolute atomic E-state index is 0.0907. The third-order valence-corrected chi connectivity index (χ3v) is 3.44. The first-order valence-electron chi connectivity index (χ1n) is 8.27. The summed E-state index contributed by atoms with van der Waals surface area (Å²) >= 11 is 0. The zero-order valence-corrected chi connectivity index (χ0v) is 14.7. The molecule has 0 amide bonds. The maximum Gasteiger partial charge on any atom is 0.331 e. The zero-order valence-electron chi connectivity index (χ0n) is 14.7. The smallest absolute Gasteiger partial charge is 0.331 e. The van der Waals surface area contributed by atoms with Crippen molar-refractivity contribution in [1.29, 1.82) is 0 Å². The Hall–Kier alpha value is -2.93. The number of aliphatic carboxylic acids is 1. The van der Waals surface area contributed by atoms with E-state index >= 15 is 0 Å². The summed E-state index contributed by atoms with van der Waals surface area (Å²) in [5.74, 6) is -1.50. The number of ether oxygens (including phenoxy) is 2. The van der Waals surface area contributed by atoms with E-state index < -0.39 is 18.0 Å². The Morgan fingerprint density at radius 2 is 2.00 bits per heavy atom. The van der Waals surface area contributed by atoms with E-state index in [9.17, 15) is 9.59 Å². The first-order chi connectivity index (χ1) is 12.5. The van der Waals surface area contributed by atoms with Gasteiger partial charge in [0.05, 0.1) is 0 Å². The molecule has 0 saturated carbocycles. The summed E-state index contributed by atoms with van der Waals surface area (Å²) in [6.45, 7) is 4.40. The third kappa shape index (κ3) is 6.18. The predicted octanol–water partition coefficient (Wildman–Crippen LogP) is 2.16. The van der Waals surface area contributed by atoms with Crippen molar-refractivity contribution in [2.24, 2.45) is 0 Å². The molecular weight excluding hydrogens is 336 g/mol. The number of benzene rings is 1. The fourth-order valence-corrected chi connectivity index (χ4v) is 2.22. The summed E-state index contributed by atoms with van der Waals surface area (Å²) in [6, 6.07) is 9.76. The lowest BCUT2D eigenvalue weighted by Crippen LogP contribution is -2.38. The van der Waals surface area contributed by atoms with Gasteiger partial charge in [-0.3, -0.25) is 0 Å². The van der Waals surface area contributed by atoms with Crippen LogP contribution in [0.1, 0.15) is 13.8 Å². The number of rotatable bonds is 9. The number of carboxylic acids is 1. The van der Waals surface area contributed by atoms with Crippen LogP contribution in [0.2, 0.25) is 0 Å². The van der Waals surface area contributed by atoms with Gasteiger partial charge in [0, 0.05) is 36.3 Å². The van der Waals surface area contributed by atoms with Gasteiger partial charge in [0.1, 0.15) is 12.7 Å². The first kappa shape index (κ1) is 19.4. The van der Waals surface area contributed by atoms with Crippen molar-refractivity contribution in [2.45, 2.75) is 26.0 Å². The number of carbonyl (C=O) groups is 2.